The van der Waals surface area contributed by atoms with Crippen LogP contribution in [0, 0.1) is 5.92 Å². The van der Waals surface area contributed by atoms with Crippen molar-refractivity contribution < 1.29 is 23.7 Å². The van der Waals surface area contributed by atoms with Gasteiger partial charge in [-0.1, -0.05) is 0 Å². The zero-order chi connectivity index (χ0) is 19.8. The molecule has 0 unspecified atom stereocenters. The van der Waals surface area contributed by atoms with Crippen molar-refractivity contribution in [1.29, 1.82) is 0 Å². The number of guanidine groups is 1. The SMILES string of the molecule is CCNC(=NCCOc1ccc2c(c1)OCO2)N1CCC(C(=O)OCC)CC1. The zero-order valence-electron chi connectivity index (χ0n) is 16.6. The van der Waals surface area contributed by atoms with Crippen LogP contribution in [0.3, 0.4) is 0 Å². The molecular weight excluding hydrogens is 362 g/mol. The van der Waals surface area contributed by atoms with E-state index in [1.165, 1.54) is 0 Å². The molecule has 1 aromatic carbocycles. The molecule has 1 fully saturated rings. The number of hydrogen-bond acceptors (Lipinski definition) is 6. The lowest BCUT2D eigenvalue weighted by molar-refractivity contribution is -0.149. The molecule has 1 saturated heterocycles. The second-order valence-electron chi connectivity index (χ2n) is 6.61. The van der Waals surface area contributed by atoms with Gasteiger partial charge in [0, 0.05) is 25.7 Å². The van der Waals surface area contributed by atoms with Gasteiger partial charge in [0.2, 0.25) is 6.79 Å². The maximum absolute atomic E-state index is 11.9. The highest BCUT2D eigenvalue weighted by Crippen LogP contribution is 2.35. The maximum Gasteiger partial charge on any atom is 0.309 e. The molecule has 8 nitrogen and oxygen atoms in total. The van der Waals surface area contributed by atoms with E-state index in [1.54, 1.807) is 0 Å². The number of esters is 1. The Kier molecular flexibility index (Phi) is 7.22. The lowest BCUT2D eigenvalue weighted by atomic mass is 9.97. The number of hydrogen-bond donors (Lipinski definition) is 1. The van der Waals surface area contributed by atoms with E-state index in [0.29, 0.717) is 25.5 Å². The number of nitrogens with one attached hydrogen (secondary N) is 1. The largest absolute Gasteiger partial charge is 0.492 e. The normalized spacial score (nSPS) is 16.8. The molecule has 2 aliphatic heterocycles. The van der Waals surface area contributed by atoms with E-state index < -0.39 is 0 Å². The Labute approximate surface area is 165 Å². The van der Waals surface area contributed by atoms with Crippen molar-refractivity contribution in [1.82, 2.24) is 10.2 Å². The molecule has 28 heavy (non-hydrogen) atoms. The Bertz CT molecular complexity index is 686. The minimum Gasteiger partial charge on any atom is -0.492 e. The lowest BCUT2D eigenvalue weighted by Crippen LogP contribution is -2.46. The van der Waals surface area contributed by atoms with Crippen molar-refractivity contribution in [2.24, 2.45) is 10.9 Å². The number of rotatable bonds is 7. The fourth-order valence-electron chi connectivity index (χ4n) is 3.29. The number of carbonyl (C=O) groups is 1. The number of nitrogens with zero attached hydrogens (tertiary/aromatic N) is 2. The van der Waals surface area contributed by atoms with Gasteiger partial charge in [-0.2, -0.15) is 0 Å². The highest BCUT2D eigenvalue weighted by Gasteiger charge is 2.27. The Morgan fingerprint density at radius 1 is 1.25 bits per heavy atom. The average Bonchev–Trinajstić information content (AvgIpc) is 3.18. The molecule has 1 aromatic rings. The minimum absolute atomic E-state index is 0.00610. The van der Waals surface area contributed by atoms with Gasteiger partial charge in [0.05, 0.1) is 19.1 Å². The summed E-state index contributed by atoms with van der Waals surface area (Å²) in [5.74, 6) is 2.96. The van der Waals surface area contributed by atoms with E-state index in [4.69, 9.17) is 18.9 Å². The summed E-state index contributed by atoms with van der Waals surface area (Å²) >= 11 is 0. The van der Waals surface area contributed by atoms with Crippen LogP contribution in [0.25, 0.3) is 0 Å². The molecule has 3 rings (SSSR count). The van der Waals surface area contributed by atoms with Crippen molar-refractivity contribution in [2.75, 3.05) is 46.2 Å². The number of likely N-dealkylation sites (tertiary alicyclic amines) is 1. The molecule has 2 heterocycles. The number of fused-ring (bicyclic) bond motifs is 1. The predicted molar refractivity (Wildman–Crippen MR) is 105 cm³/mol. The highest BCUT2D eigenvalue weighted by atomic mass is 16.7. The van der Waals surface area contributed by atoms with Gasteiger partial charge < -0.3 is 29.2 Å². The Hall–Kier alpha value is -2.64. The number of carbonyl (C=O) groups excluding carboxylic acids is 1. The summed E-state index contributed by atoms with van der Waals surface area (Å²) in [7, 11) is 0. The molecule has 0 bridgehead atoms. The van der Waals surface area contributed by atoms with Crippen LogP contribution < -0.4 is 19.5 Å². The van der Waals surface area contributed by atoms with Gasteiger partial charge in [-0.25, -0.2) is 4.99 Å². The summed E-state index contributed by atoms with van der Waals surface area (Å²) in [6.07, 6.45) is 1.58. The fraction of sp³-hybridized carbons (Fsp3) is 0.600. The monoisotopic (exact) mass is 391 g/mol. The first-order valence-electron chi connectivity index (χ1n) is 9.93. The van der Waals surface area contributed by atoms with Crippen LogP contribution in [0.5, 0.6) is 17.2 Å². The molecule has 0 aliphatic carbocycles. The molecule has 1 N–H and O–H groups in total. The van der Waals surface area contributed by atoms with Gasteiger partial charge in [0.1, 0.15) is 12.4 Å². The van der Waals surface area contributed by atoms with E-state index >= 15 is 0 Å². The number of ether oxygens (including phenoxy) is 4. The third kappa shape index (κ3) is 5.21. The Morgan fingerprint density at radius 3 is 2.79 bits per heavy atom. The minimum atomic E-state index is -0.0822. The first kappa shape index (κ1) is 20.1. The molecule has 0 saturated carbocycles. The smallest absolute Gasteiger partial charge is 0.309 e. The molecule has 8 heteroatoms. The quantitative estimate of drug-likeness (QED) is 0.330. The molecule has 2 aliphatic rings. The summed E-state index contributed by atoms with van der Waals surface area (Å²) in [6, 6.07) is 5.54. The molecule has 154 valence electrons. The molecule has 0 radical (unpaired) electrons. The standard InChI is InChI=1S/C20H29N3O5/c1-3-21-20(23-10-7-15(8-11-23)19(24)25-4-2)22-9-12-26-16-5-6-17-18(13-16)28-14-27-17/h5-6,13,15H,3-4,7-12,14H2,1-2H3,(H,21,22). The van der Waals surface area contributed by atoms with Crippen LogP contribution in [0.1, 0.15) is 26.7 Å². The van der Waals surface area contributed by atoms with Crippen LogP contribution in [0.4, 0.5) is 0 Å². The Morgan fingerprint density at radius 2 is 2.04 bits per heavy atom. The van der Waals surface area contributed by atoms with E-state index in [0.717, 1.165) is 49.9 Å². The number of aliphatic imine (C=N–C) groups is 1. The second-order valence-corrected chi connectivity index (χ2v) is 6.61. The van der Waals surface area contributed by atoms with Crippen molar-refractivity contribution >= 4 is 11.9 Å². The van der Waals surface area contributed by atoms with E-state index in [2.05, 4.69) is 15.2 Å². The van der Waals surface area contributed by atoms with Crippen LogP contribution in [0.15, 0.2) is 23.2 Å². The summed E-state index contributed by atoms with van der Waals surface area (Å²) < 4.78 is 21.6. The fourth-order valence-corrected chi connectivity index (χ4v) is 3.29. The molecular formula is C20H29N3O5. The maximum atomic E-state index is 11.9. The van der Waals surface area contributed by atoms with Crippen LogP contribution >= 0.6 is 0 Å². The number of piperidine rings is 1. The second kappa shape index (κ2) is 10.1. The van der Waals surface area contributed by atoms with Gasteiger partial charge in [-0.05, 0) is 38.8 Å². The molecule has 0 atom stereocenters. The topological polar surface area (TPSA) is 81.6 Å². The third-order valence-electron chi connectivity index (χ3n) is 4.71. The van der Waals surface area contributed by atoms with E-state index in [-0.39, 0.29) is 18.7 Å². The van der Waals surface area contributed by atoms with Gasteiger partial charge in [0.15, 0.2) is 17.5 Å². The third-order valence-corrected chi connectivity index (χ3v) is 4.71. The summed E-state index contributed by atoms with van der Waals surface area (Å²) in [4.78, 5) is 18.8. The highest BCUT2D eigenvalue weighted by molar-refractivity contribution is 5.80. The summed E-state index contributed by atoms with van der Waals surface area (Å²) in [5, 5.41) is 3.32. The van der Waals surface area contributed by atoms with Gasteiger partial charge in [-0.3, -0.25) is 4.79 Å². The number of benzene rings is 1. The van der Waals surface area contributed by atoms with Crippen molar-refractivity contribution in [3.05, 3.63) is 18.2 Å². The zero-order valence-corrected chi connectivity index (χ0v) is 16.6. The predicted octanol–water partition coefficient (Wildman–Crippen LogP) is 2.03. The molecule has 0 amide bonds. The molecule has 0 spiro atoms. The van der Waals surface area contributed by atoms with E-state index in [1.807, 2.05) is 32.0 Å². The van der Waals surface area contributed by atoms with Crippen LogP contribution in [-0.4, -0.2) is 63.0 Å². The first-order valence-corrected chi connectivity index (χ1v) is 9.93. The van der Waals surface area contributed by atoms with Crippen molar-refractivity contribution in [3.63, 3.8) is 0 Å². The van der Waals surface area contributed by atoms with Crippen molar-refractivity contribution in [2.45, 2.75) is 26.7 Å². The van der Waals surface area contributed by atoms with Crippen LogP contribution in [-0.2, 0) is 9.53 Å². The average molecular weight is 391 g/mol. The van der Waals surface area contributed by atoms with Crippen LogP contribution in [0.2, 0.25) is 0 Å². The van der Waals surface area contributed by atoms with Gasteiger partial charge in [-0.15, -0.1) is 0 Å². The summed E-state index contributed by atoms with van der Waals surface area (Å²) in [6.45, 7) is 7.95. The van der Waals surface area contributed by atoms with E-state index in [9.17, 15) is 4.79 Å². The molecule has 0 aromatic heterocycles. The van der Waals surface area contributed by atoms with Gasteiger partial charge in [0.25, 0.3) is 0 Å². The first-order chi connectivity index (χ1) is 13.7. The lowest BCUT2D eigenvalue weighted by Gasteiger charge is -2.33. The van der Waals surface area contributed by atoms with Gasteiger partial charge >= 0.3 is 5.97 Å². The Balaban J connectivity index is 1.47. The summed E-state index contributed by atoms with van der Waals surface area (Å²) in [5.41, 5.74) is 0. The van der Waals surface area contributed by atoms with Crippen molar-refractivity contribution in [3.8, 4) is 17.2 Å².